The van der Waals surface area contributed by atoms with Crippen molar-refractivity contribution in [3.05, 3.63) is 111 Å². The van der Waals surface area contributed by atoms with Gasteiger partial charge in [-0.15, -0.1) is 0 Å². The zero-order valence-electron chi connectivity index (χ0n) is 18.2. The van der Waals surface area contributed by atoms with Crippen molar-refractivity contribution in [1.29, 1.82) is 10.5 Å². The van der Waals surface area contributed by atoms with E-state index in [1.54, 1.807) is 68.0 Å². The Bertz CT molecular complexity index is 1290. The van der Waals surface area contributed by atoms with Gasteiger partial charge in [0.1, 0.15) is 11.9 Å². The summed E-state index contributed by atoms with van der Waals surface area (Å²) in [6, 6.07) is 17.8. The molecule has 0 bridgehead atoms. The maximum atomic E-state index is 10.1. The first kappa shape index (κ1) is 27.6. The Morgan fingerprint density at radius 1 is 0.829 bits per heavy atom. The second-order valence-electron chi connectivity index (χ2n) is 6.44. The second kappa shape index (κ2) is 14.6. The summed E-state index contributed by atoms with van der Waals surface area (Å²) in [6.45, 7) is 0. The molecule has 0 amide bonds. The van der Waals surface area contributed by atoms with Gasteiger partial charge in [0.15, 0.2) is 0 Å². The van der Waals surface area contributed by atoms with Crippen LogP contribution < -0.4 is 4.74 Å². The number of methoxy groups -OCH3 is 1. The fraction of sp³-hybridized carbons (Fsp3) is 0.0833. The highest BCUT2D eigenvalue weighted by Gasteiger charge is 2.11. The van der Waals surface area contributed by atoms with Crippen LogP contribution in [-0.4, -0.2) is 32.2 Å². The third-order valence-corrected chi connectivity index (χ3v) is 4.88. The number of hydrogen-bond donors (Lipinski definition) is 1. The fourth-order valence-corrected chi connectivity index (χ4v) is 2.82. The van der Waals surface area contributed by atoms with Crippen molar-refractivity contribution < 1.29 is 9.84 Å². The number of nitriles is 2. The van der Waals surface area contributed by atoms with Gasteiger partial charge in [-0.3, -0.25) is 0 Å². The zero-order chi connectivity index (χ0) is 25.6. The van der Waals surface area contributed by atoms with E-state index in [9.17, 15) is 5.11 Å². The maximum absolute atomic E-state index is 10.1. The van der Waals surface area contributed by atoms with Crippen LogP contribution in [0.1, 0.15) is 28.4 Å². The molecule has 0 saturated carbocycles. The highest BCUT2D eigenvalue weighted by molar-refractivity contribution is 9.10. The van der Waals surface area contributed by atoms with Crippen molar-refractivity contribution in [2.24, 2.45) is 0 Å². The molecule has 1 unspecified atom stereocenters. The molecule has 0 spiro atoms. The molecule has 8 nitrogen and oxygen atoms in total. The average molecular weight is 572 g/mol. The van der Waals surface area contributed by atoms with E-state index in [1.807, 2.05) is 12.1 Å². The van der Waals surface area contributed by atoms with Crippen LogP contribution in [0.15, 0.2) is 77.8 Å². The zero-order valence-corrected chi connectivity index (χ0v) is 21.3. The van der Waals surface area contributed by atoms with E-state index in [0.717, 1.165) is 10.2 Å². The van der Waals surface area contributed by atoms with Gasteiger partial charge in [0, 0.05) is 30.4 Å². The Labute approximate surface area is 220 Å². The van der Waals surface area contributed by atoms with Gasteiger partial charge in [0.2, 0.25) is 10.6 Å². The van der Waals surface area contributed by atoms with Gasteiger partial charge in [-0.25, -0.2) is 19.9 Å². The third kappa shape index (κ3) is 9.65. The Balaban J connectivity index is 0.000000204. The summed E-state index contributed by atoms with van der Waals surface area (Å²) in [5, 5.41) is 27.7. The molecule has 2 aromatic carbocycles. The molecule has 0 fully saturated rings. The average Bonchev–Trinajstić information content (AvgIpc) is 2.91. The molecule has 176 valence electrons. The number of ether oxygens (including phenoxy) is 1. The third-order valence-electron chi connectivity index (χ3n) is 4.08. The quantitative estimate of drug-likeness (QED) is 0.317. The van der Waals surface area contributed by atoms with Crippen molar-refractivity contribution in [3.8, 4) is 17.9 Å². The van der Waals surface area contributed by atoms with Gasteiger partial charge < -0.3 is 9.84 Å². The molecule has 1 atom stereocenters. The van der Waals surface area contributed by atoms with E-state index in [4.69, 9.17) is 38.5 Å². The molecular weight excluding hydrogens is 555 g/mol. The summed E-state index contributed by atoms with van der Waals surface area (Å²) in [7, 11) is 1.58. The lowest BCUT2D eigenvalue weighted by molar-refractivity contribution is 0.219. The predicted octanol–water partition coefficient (Wildman–Crippen LogP) is 5.54. The number of aliphatic hydroxyl groups excluding tert-OH is 1. The first-order valence-corrected chi connectivity index (χ1v) is 11.2. The number of benzene rings is 2. The summed E-state index contributed by atoms with van der Waals surface area (Å²) in [5.41, 5.74) is 2.27. The van der Waals surface area contributed by atoms with E-state index in [2.05, 4.69) is 35.9 Å². The number of halogens is 3. The van der Waals surface area contributed by atoms with Crippen LogP contribution in [0.2, 0.25) is 10.6 Å². The lowest BCUT2D eigenvalue weighted by Gasteiger charge is -2.10. The van der Waals surface area contributed by atoms with Gasteiger partial charge in [0.25, 0.3) is 0 Å². The highest BCUT2D eigenvalue weighted by Crippen LogP contribution is 2.21. The largest absolute Gasteiger partial charge is 0.497 e. The molecule has 11 heteroatoms. The Hall–Kier alpha value is -3.60. The van der Waals surface area contributed by atoms with Crippen LogP contribution in [0.4, 0.5) is 0 Å². The first-order valence-electron chi connectivity index (χ1n) is 9.69. The van der Waals surface area contributed by atoms with Gasteiger partial charge in [-0.05, 0) is 75.0 Å². The lowest BCUT2D eigenvalue weighted by atomic mass is 10.0. The maximum Gasteiger partial charge on any atom is 0.222 e. The monoisotopic (exact) mass is 570 g/mol. The van der Waals surface area contributed by atoms with Crippen molar-refractivity contribution >= 4 is 39.1 Å². The van der Waals surface area contributed by atoms with Crippen molar-refractivity contribution in [1.82, 2.24) is 19.9 Å². The van der Waals surface area contributed by atoms with E-state index in [0.29, 0.717) is 22.3 Å². The molecule has 2 heterocycles. The molecule has 4 rings (SSSR count). The molecule has 0 aliphatic rings. The molecule has 0 radical (unpaired) electrons. The van der Waals surface area contributed by atoms with Crippen LogP contribution in [0.5, 0.6) is 5.75 Å². The summed E-state index contributed by atoms with van der Waals surface area (Å²) < 4.78 is 5.74. The molecule has 0 saturated heterocycles. The molecule has 35 heavy (non-hydrogen) atoms. The van der Waals surface area contributed by atoms with E-state index >= 15 is 0 Å². The first-order chi connectivity index (χ1) is 16.9. The minimum absolute atomic E-state index is 0.131. The molecule has 0 aliphatic carbocycles. The molecule has 0 aliphatic heterocycles. The second-order valence-corrected chi connectivity index (χ2v) is 8.03. The number of nitrogens with zero attached hydrogens (tertiary/aromatic N) is 6. The van der Waals surface area contributed by atoms with Crippen molar-refractivity contribution in [3.63, 3.8) is 0 Å². The molecule has 4 aromatic rings. The standard InChI is InChI=1S/C12H8ClN3O.C8H7NO.C4H2BrClN2/c13-12-15-6-10(7-16-12)11(17)9-3-1-2-8(4-9)5-14;1-10-8-4-2-3-7(5-8)6-9;5-3-1-7-4(6)8-2-3/h1-4,6-7,11,17H;2-5H,1H3;1-2H. The fourth-order valence-electron chi connectivity index (χ4n) is 2.42. The number of rotatable bonds is 3. The summed E-state index contributed by atoms with van der Waals surface area (Å²) in [6.07, 6.45) is 5.24. The predicted molar refractivity (Wildman–Crippen MR) is 135 cm³/mol. The van der Waals surface area contributed by atoms with Gasteiger partial charge in [0.05, 0.1) is 34.8 Å². The Kier molecular flexibility index (Phi) is 11.5. The van der Waals surface area contributed by atoms with Crippen LogP contribution in [0.3, 0.4) is 0 Å². The van der Waals surface area contributed by atoms with Gasteiger partial charge in [-0.1, -0.05) is 18.2 Å². The van der Waals surface area contributed by atoms with Crippen LogP contribution in [0.25, 0.3) is 0 Å². The Morgan fingerprint density at radius 2 is 1.34 bits per heavy atom. The number of aromatic nitrogens is 4. The molecule has 2 aromatic heterocycles. The van der Waals surface area contributed by atoms with E-state index in [-0.39, 0.29) is 10.6 Å². The molecule has 1 N–H and O–H groups in total. The molecular formula is C24H17BrCl2N6O2. The van der Waals surface area contributed by atoms with Gasteiger partial charge >= 0.3 is 0 Å². The van der Waals surface area contributed by atoms with Crippen LogP contribution in [0, 0.1) is 22.7 Å². The van der Waals surface area contributed by atoms with E-state index < -0.39 is 6.10 Å². The Morgan fingerprint density at radius 3 is 1.86 bits per heavy atom. The normalized spacial score (nSPS) is 10.3. The van der Waals surface area contributed by atoms with Crippen LogP contribution in [-0.2, 0) is 0 Å². The van der Waals surface area contributed by atoms with E-state index in [1.165, 1.54) is 12.4 Å². The van der Waals surface area contributed by atoms with Crippen molar-refractivity contribution in [2.45, 2.75) is 6.10 Å². The van der Waals surface area contributed by atoms with Gasteiger partial charge in [-0.2, -0.15) is 10.5 Å². The number of hydrogen-bond acceptors (Lipinski definition) is 8. The minimum atomic E-state index is -0.861. The highest BCUT2D eigenvalue weighted by atomic mass is 79.9. The lowest BCUT2D eigenvalue weighted by Crippen LogP contribution is -2.01. The smallest absolute Gasteiger partial charge is 0.222 e. The summed E-state index contributed by atoms with van der Waals surface area (Å²) in [4.78, 5) is 15.0. The minimum Gasteiger partial charge on any atom is -0.497 e. The van der Waals surface area contributed by atoms with Crippen LogP contribution >= 0.6 is 39.1 Å². The summed E-state index contributed by atoms with van der Waals surface area (Å²) >= 11 is 14.1. The summed E-state index contributed by atoms with van der Waals surface area (Å²) in [5.74, 6) is 0.721. The number of aliphatic hydroxyl groups is 1. The SMILES string of the molecule is COc1cccc(C#N)c1.Clc1ncc(Br)cn1.N#Cc1cccc(C(O)c2cnc(Cl)nc2)c1. The topological polar surface area (TPSA) is 129 Å². The van der Waals surface area contributed by atoms with Crippen molar-refractivity contribution in [2.75, 3.05) is 7.11 Å².